The molecule has 154 valence electrons. The van der Waals surface area contributed by atoms with E-state index in [9.17, 15) is 19.0 Å². The summed E-state index contributed by atoms with van der Waals surface area (Å²) in [5, 5.41) is 0. The van der Waals surface area contributed by atoms with Crippen molar-refractivity contribution in [3.63, 3.8) is 0 Å². The molecule has 0 aliphatic heterocycles. The Bertz CT molecular complexity index is 477. The van der Waals surface area contributed by atoms with Crippen LogP contribution in [0.4, 0.5) is 0 Å². The Labute approximate surface area is 155 Å². The Balaban J connectivity index is 4.55. The topological polar surface area (TPSA) is 108 Å². The Hall–Kier alpha value is -0.990. The molecule has 2 unspecified atom stereocenters. The fraction of sp³-hybridized carbons (Fsp3) is 0.875. The summed E-state index contributed by atoms with van der Waals surface area (Å²) in [7, 11) is 1.46. The second-order valence-electron chi connectivity index (χ2n) is 6.86. The monoisotopic (exact) mass is 398 g/mol. The van der Waals surface area contributed by atoms with Gasteiger partial charge in [0, 0.05) is 12.8 Å². The van der Waals surface area contributed by atoms with Crippen molar-refractivity contribution in [3.8, 4) is 0 Å². The van der Waals surface area contributed by atoms with E-state index in [0.29, 0.717) is 17.4 Å². The highest BCUT2D eigenvalue weighted by atomic mass is 31.2. The molecule has 0 spiro atoms. The second-order valence-corrected chi connectivity index (χ2v) is 8.32. The standard InChI is InChI=1S/C16H32NO8P/c1-6-8-9-16(19)25-14(12-22-15(18)7-2)13-24-26(20,21)23-11-10-17(3,4)5/h14H,6-13H2,1-5H3/p+1. The maximum atomic E-state index is 11.9. The normalized spacial score (nSPS) is 15.2. The summed E-state index contributed by atoms with van der Waals surface area (Å²) >= 11 is 0. The van der Waals surface area contributed by atoms with Crippen LogP contribution in [0.3, 0.4) is 0 Å². The van der Waals surface area contributed by atoms with Crippen molar-refractivity contribution in [3.05, 3.63) is 0 Å². The number of phosphoric ester groups is 1. The van der Waals surface area contributed by atoms with Crippen molar-refractivity contribution in [2.24, 2.45) is 0 Å². The van der Waals surface area contributed by atoms with Gasteiger partial charge in [-0.15, -0.1) is 0 Å². The summed E-state index contributed by atoms with van der Waals surface area (Å²) in [6.07, 6.45) is 0.897. The third-order valence-corrected chi connectivity index (χ3v) is 4.18. The molecule has 0 radical (unpaired) electrons. The predicted octanol–water partition coefficient (Wildman–Crippen LogP) is 1.88. The number of rotatable bonds is 14. The lowest BCUT2D eigenvalue weighted by Gasteiger charge is -2.24. The van der Waals surface area contributed by atoms with Gasteiger partial charge in [0.25, 0.3) is 0 Å². The fourth-order valence-corrected chi connectivity index (χ4v) is 2.36. The van der Waals surface area contributed by atoms with Gasteiger partial charge in [-0.25, -0.2) is 4.57 Å². The maximum absolute atomic E-state index is 11.9. The molecule has 9 nitrogen and oxygen atoms in total. The van der Waals surface area contributed by atoms with Crippen molar-refractivity contribution < 1.29 is 42.1 Å². The van der Waals surface area contributed by atoms with Crippen LogP contribution in [0.25, 0.3) is 0 Å². The number of hydrogen-bond acceptors (Lipinski definition) is 7. The van der Waals surface area contributed by atoms with E-state index in [4.69, 9.17) is 18.5 Å². The number of hydrogen-bond donors (Lipinski definition) is 1. The van der Waals surface area contributed by atoms with E-state index in [1.807, 2.05) is 28.1 Å². The molecule has 0 saturated heterocycles. The van der Waals surface area contributed by atoms with Gasteiger partial charge < -0.3 is 18.9 Å². The van der Waals surface area contributed by atoms with E-state index >= 15 is 0 Å². The first-order valence-electron chi connectivity index (χ1n) is 8.76. The highest BCUT2D eigenvalue weighted by Gasteiger charge is 2.26. The zero-order valence-electron chi connectivity index (χ0n) is 16.4. The number of likely N-dealkylation sites (N-methyl/N-ethyl adjacent to an activating group) is 1. The Morgan fingerprint density at radius 2 is 1.73 bits per heavy atom. The molecule has 26 heavy (non-hydrogen) atoms. The van der Waals surface area contributed by atoms with Gasteiger partial charge in [-0.05, 0) is 6.42 Å². The lowest BCUT2D eigenvalue weighted by atomic mass is 10.2. The van der Waals surface area contributed by atoms with Crippen LogP contribution in [0.2, 0.25) is 0 Å². The minimum absolute atomic E-state index is 0.0308. The van der Waals surface area contributed by atoms with Gasteiger partial charge >= 0.3 is 19.8 Å². The third-order valence-electron chi connectivity index (χ3n) is 3.19. The zero-order valence-corrected chi connectivity index (χ0v) is 17.3. The average molecular weight is 398 g/mol. The molecule has 1 N–H and O–H groups in total. The van der Waals surface area contributed by atoms with Crippen LogP contribution in [0.1, 0.15) is 39.5 Å². The molecule has 10 heteroatoms. The maximum Gasteiger partial charge on any atom is 0.472 e. The highest BCUT2D eigenvalue weighted by molar-refractivity contribution is 7.47. The quantitative estimate of drug-likeness (QED) is 0.268. The van der Waals surface area contributed by atoms with Gasteiger partial charge in [-0.3, -0.25) is 18.6 Å². The SMILES string of the molecule is CCCCC(=O)OC(COC(=O)CC)COP(=O)(O)OCC[N+](C)(C)C. The number of nitrogens with zero attached hydrogens (tertiary/aromatic N) is 1. The first kappa shape index (κ1) is 25.0. The molecule has 0 rings (SSSR count). The van der Waals surface area contributed by atoms with Crippen LogP contribution >= 0.6 is 7.82 Å². The first-order chi connectivity index (χ1) is 12.0. The van der Waals surface area contributed by atoms with E-state index in [2.05, 4.69) is 0 Å². The summed E-state index contributed by atoms with van der Waals surface area (Å²) in [5.74, 6) is -0.947. The summed E-state index contributed by atoms with van der Waals surface area (Å²) < 4.78 is 32.4. The predicted molar refractivity (Wildman–Crippen MR) is 95.3 cm³/mol. The number of esters is 2. The van der Waals surface area contributed by atoms with Gasteiger partial charge in [0.05, 0.1) is 27.7 Å². The average Bonchev–Trinajstić information content (AvgIpc) is 2.53. The molecular weight excluding hydrogens is 365 g/mol. The summed E-state index contributed by atoms with van der Waals surface area (Å²) in [5.41, 5.74) is 0. The fourth-order valence-electron chi connectivity index (χ4n) is 1.61. The number of ether oxygens (including phenoxy) is 2. The molecular formula is C16H33NO8P+. The van der Waals surface area contributed by atoms with Gasteiger partial charge in [0.15, 0.2) is 6.10 Å². The number of phosphoric acid groups is 1. The molecule has 2 atom stereocenters. The van der Waals surface area contributed by atoms with Crippen molar-refractivity contribution >= 4 is 19.8 Å². The van der Waals surface area contributed by atoms with Gasteiger partial charge in [0.1, 0.15) is 19.8 Å². The summed E-state index contributed by atoms with van der Waals surface area (Å²) in [4.78, 5) is 32.7. The minimum Gasteiger partial charge on any atom is -0.462 e. The lowest BCUT2D eigenvalue weighted by molar-refractivity contribution is -0.870. The highest BCUT2D eigenvalue weighted by Crippen LogP contribution is 2.43. The van der Waals surface area contributed by atoms with Crippen LogP contribution in [-0.4, -0.2) is 74.9 Å². The molecule has 0 saturated carbocycles. The van der Waals surface area contributed by atoms with Crippen molar-refractivity contribution in [2.75, 3.05) is 47.5 Å². The van der Waals surface area contributed by atoms with E-state index in [0.717, 1.165) is 6.42 Å². The molecule has 0 aromatic carbocycles. The minimum atomic E-state index is -4.29. The van der Waals surface area contributed by atoms with Crippen molar-refractivity contribution in [1.82, 2.24) is 0 Å². The Morgan fingerprint density at radius 1 is 1.08 bits per heavy atom. The zero-order chi connectivity index (χ0) is 20.2. The molecule has 0 amide bonds. The molecule has 0 heterocycles. The molecule has 0 aliphatic carbocycles. The molecule has 0 bridgehead atoms. The number of quaternary nitrogens is 1. The smallest absolute Gasteiger partial charge is 0.462 e. The van der Waals surface area contributed by atoms with Crippen molar-refractivity contribution in [2.45, 2.75) is 45.6 Å². The molecule has 0 aromatic heterocycles. The first-order valence-corrected chi connectivity index (χ1v) is 10.3. The van der Waals surface area contributed by atoms with Gasteiger partial charge in [0.2, 0.25) is 0 Å². The molecule has 0 fully saturated rings. The third kappa shape index (κ3) is 14.2. The van der Waals surface area contributed by atoms with Crippen LogP contribution in [0.15, 0.2) is 0 Å². The number of carbonyl (C=O) groups is 2. The summed E-state index contributed by atoms with van der Waals surface area (Å²) in [6, 6.07) is 0. The van der Waals surface area contributed by atoms with E-state index in [1.54, 1.807) is 6.92 Å². The van der Waals surface area contributed by atoms with Crippen LogP contribution in [0.5, 0.6) is 0 Å². The lowest BCUT2D eigenvalue weighted by Crippen LogP contribution is -2.37. The van der Waals surface area contributed by atoms with E-state index in [-0.39, 0.29) is 26.1 Å². The van der Waals surface area contributed by atoms with Crippen LogP contribution in [0, 0.1) is 0 Å². The van der Waals surface area contributed by atoms with Gasteiger partial charge in [-0.2, -0.15) is 0 Å². The van der Waals surface area contributed by atoms with Crippen LogP contribution < -0.4 is 0 Å². The second kappa shape index (κ2) is 12.4. The van der Waals surface area contributed by atoms with E-state index in [1.165, 1.54) is 0 Å². The molecule has 0 aliphatic rings. The number of unbranched alkanes of at least 4 members (excludes halogenated alkanes) is 1. The van der Waals surface area contributed by atoms with Gasteiger partial charge in [-0.1, -0.05) is 20.3 Å². The Morgan fingerprint density at radius 3 is 2.27 bits per heavy atom. The van der Waals surface area contributed by atoms with E-state index < -0.39 is 32.5 Å². The Kier molecular flexibility index (Phi) is 11.9. The summed E-state index contributed by atoms with van der Waals surface area (Å²) in [6.45, 7) is 3.45. The largest absolute Gasteiger partial charge is 0.472 e. The molecule has 0 aromatic rings. The number of carbonyl (C=O) groups excluding carboxylic acids is 2. The van der Waals surface area contributed by atoms with Crippen molar-refractivity contribution in [1.29, 1.82) is 0 Å². The van der Waals surface area contributed by atoms with Crippen LogP contribution in [-0.2, 0) is 32.7 Å².